The molecule has 0 aliphatic carbocycles. The molecule has 0 aromatic carbocycles. The SMILES string of the molecule is CC.CC1(C)C=CN2C=CC=CC2=C1. The van der Waals surface area contributed by atoms with Gasteiger partial charge in [0.05, 0.1) is 0 Å². The van der Waals surface area contributed by atoms with Gasteiger partial charge in [-0.25, -0.2) is 0 Å². The Morgan fingerprint density at radius 3 is 2.50 bits per heavy atom. The number of fused-ring (bicyclic) bond motifs is 1. The quantitative estimate of drug-likeness (QED) is 0.559. The van der Waals surface area contributed by atoms with Crippen LogP contribution in [0.25, 0.3) is 0 Å². The lowest BCUT2D eigenvalue weighted by atomic mass is 9.89. The first-order chi connectivity index (χ1) is 6.67. The van der Waals surface area contributed by atoms with Crippen molar-refractivity contribution in [2.75, 3.05) is 0 Å². The molecule has 0 amide bonds. The summed E-state index contributed by atoms with van der Waals surface area (Å²) in [7, 11) is 0. The molecule has 0 N–H and O–H groups in total. The summed E-state index contributed by atoms with van der Waals surface area (Å²) in [6.07, 6.45) is 14.9. The highest BCUT2D eigenvalue weighted by molar-refractivity contribution is 5.35. The Morgan fingerprint density at radius 2 is 1.79 bits per heavy atom. The van der Waals surface area contributed by atoms with E-state index in [9.17, 15) is 0 Å². The van der Waals surface area contributed by atoms with Crippen molar-refractivity contribution in [1.29, 1.82) is 0 Å². The smallest absolute Gasteiger partial charge is 0.0417 e. The number of hydrogen-bond donors (Lipinski definition) is 0. The minimum Gasteiger partial charge on any atom is -0.324 e. The maximum Gasteiger partial charge on any atom is 0.0417 e. The molecule has 0 spiro atoms. The Morgan fingerprint density at radius 1 is 1.07 bits per heavy atom. The zero-order valence-corrected chi connectivity index (χ0v) is 9.49. The van der Waals surface area contributed by atoms with Gasteiger partial charge in [0.1, 0.15) is 0 Å². The fourth-order valence-corrected chi connectivity index (χ4v) is 1.43. The molecule has 0 fully saturated rings. The third-order valence-electron chi connectivity index (χ3n) is 2.11. The Balaban J connectivity index is 0.000000461. The standard InChI is InChI=1S/C11H13N.C2H6/c1-11(2)6-8-12-7-4-3-5-10(12)9-11;1-2/h3-9H,1-2H3;1-2H3. The summed E-state index contributed by atoms with van der Waals surface area (Å²) in [5, 5.41) is 0. The van der Waals surface area contributed by atoms with E-state index < -0.39 is 0 Å². The highest BCUT2D eigenvalue weighted by atomic mass is 15.1. The molecule has 1 nitrogen and oxygen atoms in total. The number of hydrogen-bond acceptors (Lipinski definition) is 1. The largest absolute Gasteiger partial charge is 0.324 e. The van der Waals surface area contributed by atoms with Gasteiger partial charge >= 0.3 is 0 Å². The lowest BCUT2D eigenvalue weighted by molar-refractivity contribution is 0.530. The van der Waals surface area contributed by atoms with Crippen LogP contribution in [0.15, 0.2) is 48.5 Å². The highest BCUT2D eigenvalue weighted by Gasteiger charge is 2.18. The van der Waals surface area contributed by atoms with Crippen molar-refractivity contribution >= 4 is 0 Å². The highest BCUT2D eigenvalue weighted by Crippen LogP contribution is 2.29. The average Bonchev–Trinajstić information content (AvgIpc) is 2.19. The molecular formula is C13H19N. The van der Waals surface area contributed by atoms with Gasteiger partial charge in [0.15, 0.2) is 0 Å². The molecule has 2 heterocycles. The van der Waals surface area contributed by atoms with Crippen molar-refractivity contribution in [3.05, 3.63) is 48.5 Å². The minimum absolute atomic E-state index is 0.196. The zero-order chi connectivity index (χ0) is 10.6. The summed E-state index contributed by atoms with van der Waals surface area (Å²) < 4.78 is 0. The second kappa shape index (κ2) is 4.32. The topological polar surface area (TPSA) is 3.24 Å². The van der Waals surface area contributed by atoms with E-state index in [2.05, 4.69) is 55.5 Å². The van der Waals surface area contributed by atoms with Crippen molar-refractivity contribution < 1.29 is 0 Å². The van der Waals surface area contributed by atoms with Gasteiger partial charge in [0.2, 0.25) is 0 Å². The van der Waals surface area contributed by atoms with E-state index in [1.807, 2.05) is 19.9 Å². The van der Waals surface area contributed by atoms with E-state index in [0.717, 1.165) is 0 Å². The van der Waals surface area contributed by atoms with Gasteiger partial charge in [-0.05, 0) is 12.2 Å². The van der Waals surface area contributed by atoms with Gasteiger partial charge in [-0.3, -0.25) is 0 Å². The minimum atomic E-state index is 0.196. The van der Waals surface area contributed by atoms with Crippen molar-refractivity contribution in [1.82, 2.24) is 4.90 Å². The molecule has 0 saturated heterocycles. The molecule has 2 aliphatic rings. The summed E-state index contributed by atoms with van der Waals surface area (Å²) in [6.45, 7) is 8.42. The third-order valence-corrected chi connectivity index (χ3v) is 2.11. The normalized spacial score (nSPS) is 20.9. The van der Waals surface area contributed by atoms with Crippen LogP contribution in [0.4, 0.5) is 0 Å². The first-order valence-electron chi connectivity index (χ1n) is 5.23. The summed E-state index contributed by atoms with van der Waals surface area (Å²) in [5.41, 5.74) is 1.46. The Hall–Kier alpha value is -1.24. The van der Waals surface area contributed by atoms with Crippen molar-refractivity contribution in [3.63, 3.8) is 0 Å². The fourth-order valence-electron chi connectivity index (χ4n) is 1.43. The van der Waals surface area contributed by atoms with E-state index >= 15 is 0 Å². The first kappa shape index (κ1) is 10.8. The lowest BCUT2D eigenvalue weighted by Gasteiger charge is -2.29. The van der Waals surface area contributed by atoms with Crippen LogP contribution in [0.1, 0.15) is 27.7 Å². The van der Waals surface area contributed by atoms with E-state index in [1.54, 1.807) is 0 Å². The molecular weight excluding hydrogens is 170 g/mol. The molecule has 0 saturated carbocycles. The summed E-state index contributed by atoms with van der Waals surface area (Å²) >= 11 is 0. The Kier molecular flexibility index (Phi) is 3.34. The van der Waals surface area contributed by atoms with Gasteiger partial charge in [0, 0.05) is 23.5 Å². The summed E-state index contributed by atoms with van der Waals surface area (Å²) in [5.74, 6) is 0. The molecule has 2 rings (SSSR count). The van der Waals surface area contributed by atoms with Gasteiger partial charge in [-0.2, -0.15) is 0 Å². The van der Waals surface area contributed by atoms with Gasteiger partial charge in [0.25, 0.3) is 0 Å². The second-order valence-corrected chi connectivity index (χ2v) is 3.81. The average molecular weight is 189 g/mol. The van der Waals surface area contributed by atoms with Gasteiger partial charge in [-0.1, -0.05) is 45.9 Å². The number of allylic oxidation sites excluding steroid dienone is 5. The molecule has 0 bridgehead atoms. The third kappa shape index (κ3) is 2.38. The molecule has 0 aromatic heterocycles. The van der Waals surface area contributed by atoms with Crippen molar-refractivity contribution in [2.45, 2.75) is 27.7 Å². The van der Waals surface area contributed by atoms with Gasteiger partial charge < -0.3 is 4.90 Å². The second-order valence-electron chi connectivity index (χ2n) is 3.81. The van der Waals surface area contributed by atoms with E-state index in [4.69, 9.17) is 0 Å². The molecule has 0 atom stereocenters. The Labute approximate surface area is 87.1 Å². The number of nitrogens with zero attached hydrogens (tertiary/aromatic N) is 1. The molecule has 14 heavy (non-hydrogen) atoms. The molecule has 1 heteroatoms. The van der Waals surface area contributed by atoms with Crippen LogP contribution in [-0.2, 0) is 0 Å². The zero-order valence-electron chi connectivity index (χ0n) is 9.49. The molecule has 0 aromatic rings. The first-order valence-corrected chi connectivity index (χ1v) is 5.23. The van der Waals surface area contributed by atoms with Crippen molar-refractivity contribution in [2.24, 2.45) is 5.41 Å². The van der Waals surface area contributed by atoms with E-state index in [0.29, 0.717) is 0 Å². The fraction of sp³-hybridized carbons (Fsp3) is 0.385. The van der Waals surface area contributed by atoms with Crippen LogP contribution in [0, 0.1) is 5.41 Å². The van der Waals surface area contributed by atoms with Crippen LogP contribution in [0.5, 0.6) is 0 Å². The van der Waals surface area contributed by atoms with Crippen LogP contribution in [0.3, 0.4) is 0 Å². The predicted octanol–water partition coefficient (Wildman–Crippen LogP) is 3.84. The Bertz CT molecular complexity index is 303. The van der Waals surface area contributed by atoms with Crippen LogP contribution in [0.2, 0.25) is 0 Å². The summed E-state index contributed by atoms with van der Waals surface area (Å²) in [6, 6.07) is 0. The van der Waals surface area contributed by atoms with Crippen LogP contribution >= 0.6 is 0 Å². The monoisotopic (exact) mass is 189 g/mol. The molecule has 76 valence electrons. The predicted molar refractivity (Wildman–Crippen MR) is 62.5 cm³/mol. The van der Waals surface area contributed by atoms with Crippen LogP contribution in [-0.4, -0.2) is 4.90 Å². The molecule has 2 aliphatic heterocycles. The summed E-state index contributed by atoms with van der Waals surface area (Å²) in [4.78, 5) is 2.13. The van der Waals surface area contributed by atoms with Gasteiger partial charge in [-0.15, -0.1) is 0 Å². The maximum atomic E-state index is 2.27. The lowest BCUT2D eigenvalue weighted by Crippen LogP contribution is -2.19. The maximum absolute atomic E-state index is 2.27. The van der Waals surface area contributed by atoms with E-state index in [-0.39, 0.29) is 5.41 Å². The molecule has 0 radical (unpaired) electrons. The number of rotatable bonds is 0. The molecule has 0 unspecified atom stereocenters. The van der Waals surface area contributed by atoms with Crippen LogP contribution < -0.4 is 0 Å². The van der Waals surface area contributed by atoms with Crippen molar-refractivity contribution in [3.8, 4) is 0 Å². The van der Waals surface area contributed by atoms with E-state index in [1.165, 1.54) is 5.70 Å².